The van der Waals surface area contributed by atoms with Gasteiger partial charge in [-0.15, -0.1) is 0 Å². The van der Waals surface area contributed by atoms with Crippen molar-refractivity contribution in [2.45, 2.75) is 38.6 Å². The molecular formula is C17H21N3O2. The van der Waals surface area contributed by atoms with E-state index in [4.69, 9.17) is 4.74 Å². The highest BCUT2D eigenvalue weighted by molar-refractivity contribution is 6.01. The average molecular weight is 299 g/mol. The van der Waals surface area contributed by atoms with Crippen molar-refractivity contribution in [3.05, 3.63) is 24.4 Å². The summed E-state index contributed by atoms with van der Waals surface area (Å²) >= 11 is 0. The molecule has 0 radical (unpaired) electrons. The minimum absolute atomic E-state index is 0.127. The molecule has 0 saturated heterocycles. The lowest BCUT2D eigenvalue weighted by atomic mass is 10.1. The summed E-state index contributed by atoms with van der Waals surface area (Å²) in [5.41, 5.74) is 2.48. The summed E-state index contributed by atoms with van der Waals surface area (Å²) in [6, 6.07) is 6.38. The number of carbonyl (C=O) groups is 1. The van der Waals surface area contributed by atoms with E-state index in [2.05, 4.69) is 15.6 Å². The molecule has 116 valence electrons. The average Bonchev–Trinajstić information content (AvgIpc) is 2.99. The van der Waals surface area contributed by atoms with E-state index < -0.39 is 0 Å². The second-order valence-electron chi connectivity index (χ2n) is 5.71. The van der Waals surface area contributed by atoms with E-state index in [0.29, 0.717) is 17.5 Å². The first-order valence-electron chi connectivity index (χ1n) is 7.69. The summed E-state index contributed by atoms with van der Waals surface area (Å²) in [6.45, 7) is 1.48. The number of benzene rings is 1. The van der Waals surface area contributed by atoms with Crippen LogP contribution in [0.3, 0.4) is 0 Å². The highest BCUT2D eigenvalue weighted by Gasteiger charge is 2.17. The molecular weight excluding hydrogens is 278 g/mol. The Hall–Kier alpha value is -2.30. The number of rotatable bonds is 4. The van der Waals surface area contributed by atoms with Gasteiger partial charge in [0.2, 0.25) is 5.91 Å². The van der Waals surface area contributed by atoms with Gasteiger partial charge in [0.25, 0.3) is 0 Å². The highest BCUT2D eigenvalue weighted by atomic mass is 16.5. The van der Waals surface area contributed by atoms with Crippen LogP contribution >= 0.6 is 0 Å². The lowest BCUT2D eigenvalue weighted by Crippen LogP contribution is -2.15. The Bertz CT molecular complexity index is 694. The molecule has 0 bridgehead atoms. The molecule has 0 atom stereocenters. The van der Waals surface area contributed by atoms with Crippen molar-refractivity contribution in [2.24, 2.45) is 0 Å². The first-order chi connectivity index (χ1) is 10.7. The molecule has 0 aliphatic heterocycles. The minimum Gasteiger partial charge on any atom is -0.492 e. The summed E-state index contributed by atoms with van der Waals surface area (Å²) in [6.07, 6.45) is 6.78. The molecule has 1 amide bonds. The molecule has 1 aromatic carbocycles. The summed E-state index contributed by atoms with van der Waals surface area (Å²) in [4.78, 5) is 15.8. The zero-order valence-corrected chi connectivity index (χ0v) is 13.0. The maximum Gasteiger partial charge on any atom is 0.221 e. The fourth-order valence-electron chi connectivity index (χ4n) is 3.10. The molecule has 2 aromatic rings. The van der Waals surface area contributed by atoms with Crippen molar-refractivity contribution >= 4 is 28.2 Å². The normalized spacial score (nSPS) is 15.0. The number of anilines is 2. The number of hydrogen-bond acceptors (Lipinski definition) is 4. The molecule has 0 spiro atoms. The molecule has 22 heavy (non-hydrogen) atoms. The van der Waals surface area contributed by atoms with Crippen molar-refractivity contribution in [2.75, 3.05) is 17.7 Å². The second kappa shape index (κ2) is 6.22. The topological polar surface area (TPSA) is 63.2 Å². The number of pyridine rings is 1. The first kappa shape index (κ1) is 14.6. The zero-order valence-electron chi connectivity index (χ0n) is 13.0. The smallest absolute Gasteiger partial charge is 0.221 e. The van der Waals surface area contributed by atoms with Crippen LogP contribution in [0.4, 0.5) is 11.4 Å². The molecule has 5 heteroatoms. The third kappa shape index (κ3) is 2.84. The number of carbonyl (C=O) groups excluding carboxylic acids is 1. The van der Waals surface area contributed by atoms with Gasteiger partial charge >= 0.3 is 0 Å². The molecule has 1 aliphatic carbocycles. The fraction of sp³-hybridized carbons (Fsp3) is 0.412. The number of methoxy groups -OCH3 is 1. The largest absolute Gasteiger partial charge is 0.492 e. The van der Waals surface area contributed by atoms with Crippen molar-refractivity contribution < 1.29 is 9.53 Å². The Labute approximate surface area is 130 Å². The quantitative estimate of drug-likeness (QED) is 0.906. The van der Waals surface area contributed by atoms with Crippen LogP contribution in [0.1, 0.15) is 32.6 Å². The van der Waals surface area contributed by atoms with Gasteiger partial charge in [-0.3, -0.25) is 9.78 Å². The number of nitrogens with zero attached hydrogens (tertiary/aromatic N) is 1. The summed E-state index contributed by atoms with van der Waals surface area (Å²) in [5.74, 6) is 0.473. The van der Waals surface area contributed by atoms with Crippen LogP contribution in [0, 0.1) is 0 Å². The number of fused-ring (bicyclic) bond motifs is 1. The number of ether oxygens (including phenoxy) is 1. The van der Waals surface area contributed by atoms with Crippen LogP contribution in [0.5, 0.6) is 5.75 Å². The van der Waals surface area contributed by atoms with Crippen molar-refractivity contribution in [3.63, 3.8) is 0 Å². The van der Waals surface area contributed by atoms with E-state index in [0.717, 1.165) is 16.6 Å². The SMILES string of the molecule is COc1c(NC(C)=O)ccc2c(NC3CCCC3)ccnc12. The third-order valence-corrected chi connectivity index (χ3v) is 4.10. The van der Waals surface area contributed by atoms with Gasteiger partial charge in [0.15, 0.2) is 5.75 Å². The predicted molar refractivity (Wildman–Crippen MR) is 88.5 cm³/mol. The van der Waals surface area contributed by atoms with Crippen molar-refractivity contribution in [1.82, 2.24) is 4.98 Å². The predicted octanol–water partition coefficient (Wildman–Crippen LogP) is 3.56. The maximum absolute atomic E-state index is 11.3. The Morgan fingerprint density at radius 1 is 1.23 bits per heavy atom. The van der Waals surface area contributed by atoms with Crippen LogP contribution in [0.15, 0.2) is 24.4 Å². The molecule has 2 N–H and O–H groups in total. The summed E-state index contributed by atoms with van der Waals surface area (Å²) < 4.78 is 5.48. The van der Waals surface area contributed by atoms with Crippen LogP contribution in [0.2, 0.25) is 0 Å². The lowest BCUT2D eigenvalue weighted by molar-refractivity contribution is -0.114. The van der Waals surface area contributed by atoms with Crippen LogP contribution in [0.25, 0.3) is 10.9 Å². The van der Waals surface area contributed by atoms with Gasteiger partial charge in [-0.1, -0.05) is 12.8 Å². The zero-order chi connectivity index (χ0) is 15.5. The highest BCUT2D eigenvalue weighted by Crippen LogP contribution is 2.36. The van der Waals surface area contributed by atoms with E-state index >= 15 is 0 Å². The van der Waals surface area contributed by atoms with E-state index in [1.807, 2.05) is 18.2 Å². The number of hydrogen-bond donors (Lipinski definition) is 2. The van der Waals surface area contributed by atoms with E-state index in [1.165, 1.54) is 32.6 Å². The molecule has 1 fully saturated rings. The standard InChI is InChI=1S/C17H21N3O2/c1-11(21)19-15-8-7-13-14(20-12-5-3-4-6-12)9-10-18-16(13)17(15)22-2/h7-10,12H,3-6H2,1-2H3,(H,18,20)(H,19,21). The van der Waals surface area contributed by atoms with E-state index in [1.54, 1.807) is 13.3 Å². The Morgan fingerprint density at radius 3 is 2.68 bits per heavy atom. The van der Waals surface area contributed by atoms with Gasteiger partial charge in [0, 0.05) is 30.2 Å². The van der Waals surface area contributed by atoms with Gasteiger partial charge in [0.05, 0.1) is 12.8 Å². The molecule has 5 nitrogen and oxygen atoms in total. The van der Waals surface area contributed by atoms with Gasteiger partial charge in [-0.05, 0) is 31.0 Å². The Kier molecular flexibility index (Phi) is 4.13. The number of amides is 1. The fourth-order valence-corrected chi connectivity index (χ4v) is 3.10. The third-order valence-electron chi connectivity index (χ3n) is 4.10. The lowest BCUT2D eigenvalue weighted by Gasteiger charge is -2.17. The van der Waals surface area contributed by atoms with Gasteiger partial charge in [0.1, 0.15) is 5.52 Å². The molecule has 0 unspecified atom stereocenters. The van der Waals surface area contributed by atoms with E-state index in [-0.39, 0.29) is 5.91 Å². The second-order valence-corrected chi connectivity index (χ2v) is 5.71. The number of aromatic nitrogens is 1. The molecule has 1 aliphatic rings. The Morgan fingerprint density at radius 2 is 2.00 bits per heavy atom. The monoisotopic (exact) mass is 299 g/mol. The van der Waals surface area contributed by atoms with Crippen LogP contribution in [-0.4, -0.2) is 24.0 Å². The first-order valence-corrected chi connectivity index (χ1v) is 7.69. The summed E-state index contributed by atoms with van der Waals surface area (Å²) in [5, 5.41) is 7.41. The molecule has 1 aromatic heterocycles. The number of nitrogens with one attached hydrogen (secondary N) is 2. The van der Waals surface area contributed by atoms with Gasteiger partial charge in [-0.25, -0.2) is 0 Å². The summed E-state index contributed by atoms with van der Waals surface area (Å²) in [7, 11) is 1.60. The molecule has 1 heterocycles. The minimum atomic E-state index is -0.127. The van der Waals surface area contributed by atoms with Crippen molar-refractivity contribution in [1.29, 1.82) is 0 Å². The Balaban J connectivity index is 2.03. The maximum atomic E-state index is 11.3. The van der Waals surface area contributed by atoms with Crippen LogP contribution < -0.4 is 15.4 Å². The van der Waals surface area contributed by atoms with Gasteiger partial charge < -0.3 is 15.4 Å². The van der Waals surface area contributed by atoms with Gasteiger partial charge in [-0.2, -0.15) is 0 Å². The molecule has 1 saturated carbocycles. The van der Waals surface area contributed by atoms with Crippen LogP contribution in [-0.2, 0) is 4.79 Å². The van der Waals surface area contributed by atoms with E-state index in [9.17, 15) is 4.79 Å². The molecule has 3 rings (SSSR count). The van der Waals surface area contributed by atoms with Crippen molar-refractivity contribution in [3.8, 4) is 5.75 Å².